The van der Waals surface area contributed by atoms with E-state index in [1.54, 1.807) is 12.6 Å². The fraction of sp³-hybridized carbons (Fsp3) is 0.273. The molecular formula is C11H12N2O. The Balaban J connectivity index is 2.41. The number of rotatable bonds is 2. The lowest BCUT2D eigenvalue weighted by Gasteiger charge is -2.04. The molecule has 0 amide bonds. The molecule has 0 saturated carbocycles. The minimum Gasteiger partial charge on any atom is -0.463 e. The van der Waals surface area contributed by atoms with Crippen LogP contribution in [0, 0.1) is 0 Å². The van der Waals surface area contributed by atoms with Crippen LogP contribution in [0.3, 0.4) is 0 Å². The van der Waals surface area contributed by atoms with E-state index in [9.17, 15) is 0 Å². The van der Waals surface area contributed by atoms with Crippen molar-refractivity contribution in [2.24, 2.45) is 0 Å². The molecule has 2 heterocycles. The lowest BCUT2D eigenvalue weighted by Crippen LogP contribution is -1.94. The first kappa shape index (κ1) is 8.94. The highest BCUT2D eigenvalue weighted by atomic mass is 16.3. The molecule has 0 aliphatic heterocycles. The van der Waals surface area contributed by atoms with Gasteiger partial charge >= 0.3 is 0 Å². The predicted molar refractivity (Wildman–Crippen MR) is 53.8 cm³/mol. The Morgan fingerprint density at radius 2 is 2.14 bits per heavy atom. The van der Waals surface area contributed by atoms with Crippen molar-refractivity contribution >= 4 is 0 Å². The van der Waals surface area contributed by atoms with E-state index in [1.807, 2.05) is 18.2 Å². The first-order chi connectivity index (χ1) is 6.77. The summed E-state index contributed by atoms with van der Waals surface area (Å²) in [5, 5.41) is 0. The van der Waals surface area contributed by atoms with E-state index < -0.39 is 0 Å². The quantitative estimate of drug-likeness (QED) is 0.727. The molecule has 3 nitrogen and oxygen atoms in total. The minimum absolute atomic E-state index is 0.409. The molecule has 0 atom stereocenters. The van der Waals surface area contributed by atoms with Gasteiger partial charge in [-0.25, -0.2) is 9.97 Å². The summed E-state index contributed by atoms with van der Waals surface area (Å²) in [7, 11) is 0. The Hall–Kier alpha value is -1.64. The molecule has 14 heavy (non-hydrogen) atoms. The van der Waals surface area contributed by atoms with E-state index in [2.05, 4.69) is 23.8 Å². The summed E-state index contributed by atoms with van der Waals surface area (Å²) < 4.78 is 5.26. The van der Waals surface area contributed by atoms with Gasteiger partial charge < -0.3 is 4.42 Å². The highest BCUT2D eigenvalue weighted by Crippen LogP contribution is 2.20. The van der Waals surface area contributed by atoms with Crippen LogP contribution in [-0.4, -0.2) is 9.97 Å². The van der Waals surface area contributed by atoms with Crippen LogP contribution in [0.5, 0.6) is 0 Å². The van der Waals surface area contributed by atoms with Crippen molar-refractivity contribution in [3.05, 3.63) is 36.5 Å². The SMILES string of the molecule is CC(C)c1cc(-c2ccco2)ncn1. The molecule has 0 radical (unpaired) electrons. The zero-order valence-corrected chi connectivity index (χ0v) is 8.27. The number of aromatic nitrogens is 2. The molecule has 0 saturated heterocycles. The molecule has 0 aromatic carbocycles. The molecule has 0 aliphatic rings. The molecular weight excluding hydrogens is 176 g/mol. The molecule has 2 aromatic rings. The Bertz CT molecular complexity index is 407. The summed E-state index contributed by atoms with van der Waals surface area (Å²) in [5.74, 6) is 1.20. The van der Waals surface area contributed by atoms with Gasteiger partial charge in [0, 0.05) is 5.69 Å². The van der Waals surface area contributed by atoms with Crippen LogP contribution in [0.15, 0.2) is 35.2 Å². The highest BCUT2D eigenvalue weighted by Gasteiger charge is 2.06. The van der Waals surface area contributed by atoms with Gasteiger partial charge in [0.05, 0.1) is 6.26 Å². The normalized spacial score (nSPS) is 10.8. The fourth-order valence-electron chi connectivity index (χ4n) is 1.25. The van der Waals surface area contributed by atoms with Gasteiger partial charge in [0.25, 0.3) is 0 Å². The number of hydrogen-bond acceptors (Lipinski definition) is 3. The summed E-state index contributed by atoms with van der Waals surface area (Å²) in [6, 6.07) is 5.71. The van der Waals surface area contributed by atoms with Crippen molar-refractivity contribution in [2.75, 3.05) is 0 Å². The molecule has 2 rings (SSSR count). The minimum atomic E-state index is 0.409. The highest BCUT2D eigenvalue weighted by molar-refractivity contribution is 5.51. The smallest absolute Gasteiger partial charge is 0.152 e. The monoisotopic (exact) mass is 188 g/mol. The van der Waals surface area contributed by atoms with Gasteiger partial charge in [-0.2, -0.15) is 0 Å². The second-order valence-electron chi connectivity index (χ2n) is 3.46. The largest absolute Gasteiger partial charge is 0.463 e. The second kappa shape index (κ2) is 3.62. The van der Waals surface area contributed by atoms with Gasteiger partial charge in [0.2, 0.25) is 0 Å². The van der Waals surface area contributed by atoms with Gasteiger partial charge in [-0.05, 0) is 24.1 Å². The average molecular weight is 188 g/mol. The zero-order valence-electron chi connectivity index (χ0n) is 8.27. The van der Waals surface area contributed by atoms with Crippen molar-refractivity contribution < 1.29 is 4.42 Å². The van der Waals surface area contributed by atoms with Crippen LogP contribution in [0.2, 0.25) is 0 Å². The molecule has 0 aliphatic carbocycles. The third kappa shape index (κ3) is 1.66. The van der Waals surface area contributed by atoms with Crippen molar-refractivity contribution in [2.45, 2.75) is 19.8 Å². The summed E-state index contributed by atoms with van der Waals surface area (Å²) in [4.78, 5) is 8.36. The van der Waals surface area contributed by atoms with E-state index >= 15 is 0 Å². The molecule has 0 fully saturated rings. The summed E-state index contributed by atoms with van der Waals surface area (Å²) >= 11 is 0. The van der Waals surface area contributed by atoms with Crippen LogP contribution in [0.1, 0.15) is 25.5 Å². The summed E-state index contributed by atoms with van der Waals surface area (Å²) in [6.07, 6.45) is 3.22. The maximum Gasteiger partial charge on any atom is 0.152 e. The lowest BCUT2D eigenvalue weighted by molar-refractivity contribution is 0.579. The van der Waals surface area contributed by atoms with Crippen molar-refractivity contribution in [3.63, 3.8) is 0 Å². The standard InChI is InChI=1S/C11H12N2O/c1-8(2)9-6-10(13-7-12-9)11-4-3-5-14-11/h3-8H,1-2H3. The maximum atomic E-state index is 5.26. The van der Waals surface area contributed by atoms with Gasteiger partial charge in [-0.1, -0.05) is 13.8 Å². The average Bonchev–Trinajstić information content (AvgIpc) is 2.71. The van der Waals surface area contributed by atoms with Gasteiger partial charge in [-0.15, -0.1) is 0 Å². The fourth-order valence-corrected chi connectivity index (χ4v) is 1.25. The van der Waals surface area contributed by atoms with Crippen molar-refractivity contribution in [1.29, 1.82) is 0 Å². The van der Waals surface area contributed by atoms with E-state index in [1.165, 1.54) is 0 Å². The number of furan rings is 1. The zero-order chi connectivity index (χ0) is 9.97. The molecule has 72 valence electrons. The van der Waals surface area contributed by atoms with E-state index in [-0.39, 0.29) is 0 Å². The Morgan fingerprint density at radius 3 is 2.79 bits per heavy atom. The summed E-state index contributed by atoms with van der Waals surface area (Å²) in [5.41, 5.74) is 1.88. The Kier molecular flexibility index (Phi) is 2.31. The first-order valence-electron chi connectivity index (χ1n) is 4.63. The van der Waals surface area contributed by atoms with E-state index in [4.69, 9.17) is 4.42 Å². The van der Waals surface area contributed by atoms with Crippen LogP contribution in [-0.2, 0) is 0 Å². The third-order valence-corrected chi connectivity index (χ3v) is 2.05. The second-order valence-corrected chi connectivity index (χ2v) is 3.46. The number of nitrogens with zero attached hydrogens (tertiary/aromatic N) is 2. The van der Waals surface area contributed by atoms with Crippen LogP contribution < -0.4 is 0 Å². The first-order valence-corrected chi connectivity index (χ1v) is 4.63. The molecule has 0 bridgehead atoms. The van der Waals surface area contributed by atoms with E-state index in [0.29, 0.717) is 5.92 Å². The van der Waals surface area contributed by atoms with Crippen molar-refractivity contribution in [3.8, 4) is 11.5 Å². The van der Waals surface area contributed by atoms with Gasteiger partial charge in [0.1, 0.15) is 12.0 Å². The lowest BCUT2D eigenvalue weighted by atomic mass is 10.1. The van der Waals surface area contributed by atoms with Gasteiger partial charge in [-0.3, -0.25) is 0 Å². The topological polar surface area (TPSA) is 38.9 Å². The van der Waals surface area contributed by atoms with Crippen LogP contribution in [0.4, 0.5) is 0 Å². The van der Waals surface area contributed by atoms with Crippen LogP contribution in [0.25, 0.3) is 11.5 Å². The molecule has 0 N–H and O–H groups in total. The van der Waals surface area contributed by atoms with Crippen LogP contribution >= 0.6 is 0 Å². The third-order valence-electron chi connectivity index (χ3n) is 2.05. The molecule has 0 unspecified atom stereocenters. The van der Waals surface area contributed by atoms with E-state index in [0.717, 1.165) is 17.1 Å². The molecule has 2 aromatic heterocycles. The Morgan fingerprint density at radius 1 is 1.29 bits per heavy atom. The van der Waals surface area contributed by atoms with Gasteiger partial charge in [0.15, 0.2) is 5.76 Å². The Labute approximate surface area is 82.8 Å². The maximum absolute atomic E-state index is 5.26. The summed E-state index contributed by atoms with van der Waals surface area (Å²) in [6.45, 7) is 4.21. The molecule has 0 spiro atoms. The molecule has 3 heteroatoms. The predicted octanol–water partition coefficient (Wildman–Crippen LogP) is 2.86. The van der Waals surface area contributed by atoms with Crippen molar-refractivity contribution in [1.82, 2.24) is 9.97 Å². The number of hydrogen-bond donors (Lipinski definition) is 0.